The largest absolute Gasteiger partial charge is 0.324 e. The molecule has 0 spiro atoms. The van der Waals surface area contributed by atoms with Crippen LogP contribution in [0.3, 0.4) is 0 Å². The Bertz CT molecular complexity index is 210. The van der Waals surface area contributed by atoms with Crippen molar-refractivity contribution in [1.82, 2.24) is 0 Å². The number of hydrogen-bond acceptors (Lipinski definition) is 1. The molecule has 0 bridgehead atoms. The van der Waals surface area contributed by atoms with Crippen molar-refractivity contribution >= 4 is 0 Å². The van der Waals surface area contributed by atoms with Gasteiger partial charge in [-0.3, -0.25) is 0 Å². The molecule has 52 valence electrons. The fourth-order valence-electron chi connectivity index (χ4n) is 6.15. The summed E-state index contributed by atoms with van der Waals surface area (Å²) in [6.07, 6.45) is 0. The SMILES string of the molecule is CC12C3C4C1C1C2C3C41N. The zero-order valence-corrected chi connectivity index (χ0v) is 6.04. The fourth-order valence-corrected chi connectivity index (χ4v) is 6.15. The van der Waals surface area contributed by atoms with Gasteiger partial charge in [-0.2, -0.15) is 0 Å². The molecule has 10 heavy (non-hydrogen) atoms. The van der Waals surface area contributed by atoms with Gasteiger partial charge < -0.3 is 5.73 Å². The lowest BCUT2D eigenvalue weighted by Gasteiger charge is -3.10. The smallest absolute Gasteiger partial charge is 0.0257 e. The van der Waals surface area contributed by atoms with Gasteiger partial charge in [0.05, 0.1) is 0 Å². The highest BCUT2D eigenvalue weighted by molar-refractivity contribution is 5.57. The fraction of sp³-hybridized carbons (Fsp3) is 1.00. The molecule has 1 heteroatoms. The Morgan fingerprint density at radius 1 is 0.900 bits per heavy atom. The molecule has 0 aliphatic heterocycles. The van der Waals surface area contributed by atoms with Gasteiger partial charge >= 0.3 is 0 Å². The summed E-state index contributed by atoms with van der Waals surface area (Å²) in [7, 11) is 0. The van der Waals surface area contributed by atoms with E-state index in [9.17, 15) is 0 Å². The van der Waals surface area contributed by atoms with Crippen LogP contribution in [0.4, 0.5) is 0 Å². The van der Waals surface area contributed by atoms with Gasteiger partial charge in [0, 0.05) is 5.54 Å². The molecule has 6 fully saturated rings. The van der Waals surface area contributed by atoms with Crippen molar-refractivity contribution in [2.45, 2.75) is 12.5 Å². The quantitative estimate of drug-likeness (QED) is 0.510. The van der Waals surface area contributed by atoms with Crippen LogP contribution in [0.25, 0.3) is 0 Å². The molecule has 0 amide bonds. The average molecular weight is 133 g/mol. The number of rotatable bonds is 0. The maximum absolute atomic E-state index is 6.24. The normalized spacial score (nSPS) is 104. The van der Waals surface area contributed by atoms with Gasteiger partial charge in [0.15, 0.2) is 0 Å². The highest BCUT2D eigenvalue weighted by Crippen LogP contribution is 3.06. The summed E-state index contributed by atoms with van der Waals surface area (Å²) in [5, 5.41) is 0. The van der Waals surface area contributed by atoms with E-state index < -0.39 is 0 Å². The zero-order valence-electron chi connectivity index (χ0n) is 6.04. The standard InChI is InChI=1S/C9H11N/c1-8-2-5-3(8)7-4(8)6(2)9(5,7)10/h2-7H,10H2,1H3. The van der Waals surface area contributed by atoms with Crippen LogP contribution in [0, 0.1) is 40.9 Å². The van der Waals surface area contributed by atoms with Gasteiger partial charge in [0.25, 0.3) is 0 Å². The first-order valence-corrected chi connectivity index (χ1v) is 4.52. The van der Waals surface area contributed by atoms with Crippen LogP contribution in [0.2, 0.25) is 0 Å². The van der Waals surface area contributed by atoms with Gasteiger partial charge in [-0.1, -0.05) is 6.92 Å². The Hall–Kier alpha value is -0.0400. The molecule has 6 saturated carbocycles. The molecule has 2 N–H and O–H groups in total. The van der Waals surface area contributed by atoms with Gasteiger partial charge in [-0.05, 0) is 40.9 Å². The third kappa shape index (κ3) is 0.107. The number of nitrogens with two attached hydrogens (primary N) is 1. The van der Waals surface area contributed by atoms with Gasteiger partial charge in [-0.25, -0.2) is 0 Å². The van der Waals surface area contributed by atoms with Crippen molar-refractivity contribution in [1.29, 1.82) is 0 Å². The van der Waals surface area contributed by atoms with E-state index in [0.29, 0.717) is 5.54 Å². The topological polar surface area (TPSA) is 26.0 Å². The lowest BCUT2D eigenvalue weighted by Crippen LogP contribution is -3.14. The molecule has 0 unspecified atom stereocenters. The third-order valence-corrected chi connectivity index (χ3v) is 6.21. The molecule has 0 heterocycles. The molecule has 6 aliphatic carbocycles. The van der Waals surface area contributed by atoms with Crippen LogP contribution in [0.15, 0.2) is 0 Å². The summed E-state index contributed by atoms with van der Waals surface area (Å²) in [5.74, 6) is 6.44. The Morgan fingerprint density at radius 2 is 1.30 bits per heavy atom. The Kier molecular flexibility index (Phi) is 0.260. The summed E-state index contributed by atoms with van der Waals surface area (Å²) in [5.41, 5.74) is 7.55. The Morgan fingerprint density at radius 3 is 1.60 bits per heavy atom. The van der Waals surface area contributed by atoms with Crippen LogP contribution in [-0.4, -0.2) is 5.54 Å². The van der Waals surface area contributed by atoms with Crippen molar-refractivity contribution in [2.75, 3.05) is 0 Å². The maximum atomic E-state index is 6.24. The van der Waals surface area contributed by atoms with Crippen molar-refractivity contribution in [2.24, 2.45) is 46.7 Å². The van der Waals surface area contributed by atoms with E-state index in [-0.39, 0.29) is 0 Å². The maximum Gasteiger partial charge on any atom is 0.0257 e. The summed E-state index contributed by atoms with van der Waals surface area (Å²) < 4.78 is 0. The van der Waals surface area contributed by atoms with E-state index in [1.54, 1.807) is 0 Å². The van der Waals surface area contributed by atoms with Gasteiger partial charge in [0.1, 0.15) is 0 Å². The first kappa shape index (κ1) is 4.10. The van der Waals surface area contributed by atoms with Crippen molar-refractivity contribution in [3.8, 4) is 0 Å². The van der Waals surface area contributed by atoms with Crippen molar-refractivity contribution < 1.29 is 0 Å². The third-order valence-electron chi connectivity index (χ3n) is 6.21. The highest BCUT2D eigenvalue weighted by atomic mass is 15.2. The van der Waals surface area contributed by atoms with Gasteiger partial charge in [0.2, 0.25) is 0 Å². The first-order valence-electron chi connectivity index (χ1n) is 4.52. The van der Waals surface area contributed by atoms with Crippen molar-refractivity contribution in [3.63, 3.8) is 0 Å². The van der Waals surface area contributed by atoms with Crippen LogP contribution in [0.5, 0.6) is 0 Å². The molecule has 1 nitrogen and oxygen atoms in total. The van der Waals surface area contributed by atoms with Crippen LogP contribution in [0.1, 0.15) is 6.92 Å². The molecule has 0 aromatic carbocycles. The summed E-state index contributed by atoms with van der Waals surface area (Å²) in [6.45, 7) is 2.51. The summed E-state index contributed by atoms with van der Waals surface area (Å²) >= 11 is 0. The Balaban J connectivity index is 1.87. The molecule has 6 aliphatic rings. The molecule has 0 saturated heterocycles. The zero-order chi connectivity index (χ0) is 6.46. The molecule has 0 radical (unpaired) electrons. The predicted octanol–water partition coefficient (Wildman–Crippen LogP) is 0.455. The molecule has 0 aromatic rings. The van der Waals surface area contributed by atoms with Crippen LogP contribution in [-0.2, 0) is 0 Å². The minimum absolute atomic E-state index is 0.442. The van der Waals surface area contributed by atoms with E-state index in [2.05, 4.69) is 6.92 Å². The van der Waals surface area contributed by atoms with E-state index >= 15 is 0 Å². The average Bonchev–Trinajstić information content (AvgIpc) is 1.99. The van der Waals surface area contributed by atoms with E-state index in [4.69, 9.17) is 5.73 Å². The molecule has 6 rings (SSSR count). The summed E-state index contributed by atoms with van der Waals surface area (Å²) in [4.78, 5) is 0. The minimum atomic E-state index is 0.442. The molecular weight excluding hydrogens is 122 g/mol. The lowest BCUT2D eigenvalue weighted by molar-refractivity contribution is -0.615. The van der Waals surface area contributed by atoms with Crippen molar-refractivity contribution in [3.05, 3.63) is 0 Å². The second-order valence-electron chi connectivity index (χ2n) is 5.52. The van der Waals surface area contributed by atoms with E-state index in [0.717, 1.165) is 40.9 Å². The van der Waals surface area contributed by atoms with E-state index in [1.165, 1.54) is 0 Å². The Labute approximate surface area is 60.0 Å². The molecular formula is C9H11N. The second-order valence-corrected chi connectivity index (χ2v) is 5.52. The molecule has 0 aromatic heterocycles. The summed E-state index contributed by atoms with van der Waals surface area (Å²) in [6, 6.07) is 0. The number of hydrogen-bond donors (Lipinski definition) is 1. The molecule has 0 atom stereocenters. The first-order chi connectivity index (χ1) is 4.73. The monoisotopic (exact) mass is 133 g/mol. The lowest BCUT2D eigenvalue weighted by atomic mass is 8.94. The predicted molar refractivity (Wildman–Crippen MR) is 36.0 cm³/mol. The van der Waals surface area contributed by atoms with Crippen LogP contribution < -0.4 is 5.73 Å². The van der Waals surface area contributed by atoms with Crippen LogP contribution >= 0.6 is 0 Å². The highest BCUT2D eigenvalue weighted by Gasteiger charge is 3.07. The van der Waals surface area contributed by atoms with E-state index in [1.807, 2.05) is 0 Å². The minimum Gasteiger partial charge on any atom is -0.324 e. The van der Waals surface area contributed by atoms with Gasteiger partial charge in [-0.15, -0.1) is 0 Å². The second kappa shape index (κ2) is 0.632.